The highest BCUT2D eigenvalue weighted by Crippen LogP contribution is 2.33. The molecule has 0 amide bonds. The fourth-order valence-electron chi connectivity index (χ4n) is 1.44. The van der Waals surface area contributed by atoms with Crippen molar-refractivity contribution >= 4 is 11.8 Å². The molecule has 0 spiro atoms. The smallest absolute Gasteiger partial charge is 0.464 e. The first kappa shape index (κ1) is 11.6. The van der Waals surface area contributed by atoms with E-state index < -0.39 is 11.1 Å². The summed E-state index contributed by atoms with van der Waals surface area (Å²) in [5.41, 5.74) is 0.0238. The number of ether oxygens (including phenoxy) is 1. The number of nitro groups is 1. The van der Waals surface area contributed by atoms with Gasteiger partial charge in [-0.25, -0.2) is 4.79 Å². The summed E-state index contributed by atoms with van der Waals surface area (Å²) in [5, 5.41) is 19.3. The van der Waals surface area contributed by atoms with E-state index in [0.717, 1.165) is 6.07 Å². The molecule has 92 valence electrons. The van der Waals surface area contributed by atoms with Gasteiger partial charge in [0.1, 0.15) is 11.5 Å². The molecule has 0 aliphatic carbocycles. The molecule has 1 heterocycles. The number of carbonyl (C=O) groups is 1. The molecule has 1 N–H and O–H groups in total. The van der Waals surface area contributed by atoms with Gasteiger partial charge in [-0.2, -0.15) is 0 Å². The van der Waals surface area contributed by atoms with Gasteiger partial charge >= 0.3 is 6.16 Å². The fraction of sp³-hybridized carbons (Fsp3) is 0. The van der Waals surface area contributed by atoms with E-state index in [4.69, 9.17) is 9.52 Å². The van der Waals surface area contributed by atoms with Crippen LogP contribution in [0.25, 0.3) is 11.3 Å². The summed E-state index contributed by atoms with van der Waals surface area (Å²) in [7, 11) is 0. The Labute approximate surface area is 100 Å². The van der Waals surface area contributed by atoms with Crippen LogP contribution < -0.4 is 4.74 Å². The summed E-state index contributed by atoms with van der Waals surface area (Å²) < 4.78 is 9.62. The fourth-order valence-corrected chi connectivity index (χ4v) is 1.44. The second-order valence-corrected chi connectivity index (χ2v) is 3.28. The molecular weight excluding hydrogens is 242 g/mol. The molecule has 0 radical (unpaired) electrons. The molecule has 0 bridgehead atoms. The molecule has 7 heteroatoms. The van der Waals surface area contributed by atoms with Crippen LogP contribution in [0, 0.1) is 10.1 Å². The van der Waals surface area contributed by atoms with Gasteiger partial charge in [0.15, 0.2) is 0 Å². The van der Waals surface area contributed by atoms with E-state index in [1.165, 1.54) is 18.4 Å². The Kier molecular flexibility index (Phi) is 2.96. The SMILES string of the molecule is O=C(O)Oc1ccc([N+](=O)[O-])cc1-c1ccco1. The lowest BCUT2D eigenvalue weighted by Gasteiger charge is -2.05. The first-order valence-corrected chi connectivity index (χ1v) is 4.81. The van der Waals surface area contributed by atoms with Crippen LogP contribution in [0.15, 0.2) is 41.0 Å². The topological polar surface area (TPSA) is 103 Å². The van der Waals surface area contributed by atoms with Crippen molar-refractivity contribution in [2.24, 2.45) is 0 Å². The summed E-state index contributed by atoms with van der Waals surface area (Å²) in [6, 6.07) is 6.69. The van der Waals surface area contributed by atoms with Crippen molar-refractivity contribution in [1.29, 1.82) is 0 Å². The third kappa shape index (κ3) is 2.29. The van der Waals surface area contributed by atoms with Crippen molar-refractivity contribution < 1.29 is 24.0 Å². The van der Waals surface area contributed by atoms with Gasteiger partial charge in [0.25, 0.3) is 5.69 Å². The molecule has 1 aromatic heterocycles. The number of hydrogen-bond acceptors (Lipinski definition) is 5. The minimum Gasteiger partial charge on any atom is -0.464 e. The first-order chi connectivity index (χ1) is 8.58. The zero-order valence-corrected chi connectivity index (χ0v) is 8.90. The monoisotopic (exact) mass is 249 g/mol. The first-order valence-electron chi connectivity index (χ1n) is 4.81. The molecule has 0 fully saturated rings. The zero-order valence-electron chi connectivity index (χ0n) is 8.90. The number of non-ortho nitro benzene ring substituents is 1. The number of carboxylic acid groups (broad SMARTS) is 1. The van der Waals surface area contributed by atoms with Gasteiger partial charge in [0, 0.05) is 12.1 Å². The molecule has 1 aromatic carbocycles. The lowest BCUT2D eigenvalue weighted by atomic mass is 10.1. The van der Waals surface area contributed by atoms with Gasteiger partial charge in [-0.3, -0.25) is 10.1 Å². The van der Waals surface area contributed by atoms with Crippen LogP contribution in [0.3, 0.4) is 0 Å². The van der Waals surface area contributed by atoms with Gasteiger partial charge in [0.05, 0.1) is 16.7 Å². The van der Waals surface area contributed by atoms with E-state index in [0.29, 0.717) is 0 Å². The Bertz CT molecular complexity index is 590. The van der Waals surface area contributed by atoms with Gasteiger partial charge in [-0.1, -0.05) is 0 Å². The summed E-state index contributed by atoms with van der Waals surface area (Å²) in [5.74, 6) is 0.262. The minimum atomic E-state index is -1.50. The highest BCUT2D eigenvalue weighted by Gasteiger charge is 2.17. The molecule has 18 heavy (non-hydrogen) atoms. The molecule has 0 saturated carbocycles. The predicted octanol–water partition coefficient (Wildman–Crippen LogP) is 2.91. The summed E-state index contributed by atoms with van der Waals surface area (Å²) >= 11 is 0. The van der Waals surface area contributed by atoms with Crippen molar-refractivity contribution in [1.82, 2.24) is 0 Å². The zero-order chi connectivity index (χ0) is 13.1. The van der Waals surface area contributed by atoms with Crippen LogP contribution in [-0.4, -0.2) is 16.2 Å². The average Bonchev–Trinajstić information content (AvgIpc) is 2.81. The van der Waals surface area contributed by atoms with Gasteiger partial charge in [-0.15, -0.1) is 0 Å². The molecule has 2 rings (SSSR count). The van der Waals surface area contributed by atoms with E-state index in [9.17, 15) is 14.9 Å². The number of nitrogens with zero attached hydrogens (tertiary/aromatic N) is 1. The molecule has 0 unspecified atom stereocenters. The predicted molar refractivity (Wildman–Crippen MR) is 59.5 cm³/mol. The molecule has 2 aromatic rings. The van der Waals surface area contributed by atoms with Crippen LogP contribution in [0.4, 0.5) is 10.5 Å². The maximum absolute atomic E-state index is 10.7. The van der Waals surface area contributed by atoms with Crippen molar-refractivity contribution in [3.05, 3.63) is 46.7 Å². The third-order valence-electron chi connectivity index (χ3n) is 2.16. The number of nitro benzene ring substituents is 1. The van der Waals surface area contributed by atoms with E-state index >= 15 is 0 Å². The molecule has 0 aliphatic heterocycles. The number of hydrogen-bond donors (Lipinski definition) is 1. The molecular formula is C11H7NO6. The number of furan rings is 1. The maximum atomic E-state index is 10.7. The van der Waals surface area contributed by atoms with Gasteiger partial charge in [0.2, 0.25) is 0 Å². The lowest BCUT2D eigenvalue weighted by molar-refractivity contribution is -0.384. The summed E-state index contributed by atoms with van der Waals surface area (Å²) in [6.07, 6.45) is -0.129. The standard InChI is InChI=1S/C11H7NO6/c13-11(14)18-10-4-3-7(12(15)16)6-8(10)9-2-1-5-17-9/h1-6H,(H,13,14). The normalized spacial score (nSPS) is 10.0. The largest absolute Gasteiger partial charge is 0.511 e. The average molecular weight is 249 g/mol. The van der Waals surface area contributed by atoms with Crippen molar-refractivity contribution in [2.45, 2.75) is 0 Å². The Balaban J connectivity index is 2.53. The lowest BCUT2D eigenvalue weighted by Crippen LogP contribution is -2.04. The molecule has 7 nitrogen and oxygen atoms in total. The summed E-state index contributed by atoms with van der Waals surface area (Å²) in [4.78, 5) is 20.6. The molecule has 0 atom stereocenters. The second kappa shape index (κ2) is 4.58. The highest BCUT2D eigenvalue weighted by molar-refractivity contribution is 5.73. The van der Waals surface area contributed by atoms with Crippen LogP contribution in [0.1, 0.15) is 0 Å². The summed E-state index contributed by atoms with van der Waals surface area (Å²) in [6.45, 7) is 0. The van der Waals surface area contributed by atoms with Crippen LogP contribution >= 0.6 is 0 Å². The van der Waals surface area contributed by atoms with E-state index in [-0.39, 0.29) is 22.8 Å². The Morgan fingerprint density at radius 1 is 1.39 bits per heavy atom. The van der Waals surface area contributed by atoms with Gasteiger partial charge < -0.3 is 14.3 Å². The van der Waals surface area contributed by atoms with Crippen LogP contribution in [0.2, 0.25) is 0 Å². The maximum Gasteiger partial charge on any atom is 0.511 e. The van der Waals surface area contributed by atoms with Crippen LogP contribution in [-0.2, 0) is 0 Å². The van der Waals surface area contributed by atoms with Crippen molar-refractivity contribution in [2.75, 3.05) is 0 Å². The molecule has 0 aliphatic rings. The van der Waals surface area contributed by atoms with E-state index in [1.807, 2.05) is 0 Å². The van der Waals surface area contributed by atoms with Crippen LogP contribution in [0.5, 0.6) is 5.75 Å². The Morgan fingerprint density at radius 3 is 2.72 bits per heavy atom. The minimum absolute atomic E-state index is 0.0250. The number of rotatable bonds is 3. The van der Waals surface area contributed by atoms with E-state index in [2.05, 4.69) is 4.74 Å². The quantitative estimate of drug-likeness (QED) is 0.388. The van der Waals surface area contributed by atoms with Crippen molar-refractivity contribution in [3.8, 4) is 17.1 Å². The number of benzene rings is 1. The van der Waals surface area contributed by atoms with Gasteiger partial charge in [-0.05, 0) is 18.2 Å². The molecule has 0 saturated heterocycles. The second-order valence-electron chi connectivity index (χ2n) is 3.28. The Morgan fingerprint density at radius 2 is 2.17 bits per heavy atom. The van der Waals surface area contributed by atoms with Crippen molar-refractivity contribution in [3.63, 3.8) is 0 Å². The van der Waals surface area contributed by atoms with E-state index in [1.54, 1.807) is 12.1 Å². The Hall–Kier alpha value is -2.83. The third-order valence-corrected chi connectivity index (χ3v) is 2.16. The highest BCUT2D eigenvalue weighted by atomic mass is 16.7.